The molecule has 0 radical (unpaired) electrons. The summed E-state index contributed by atoms with van der Waals surface area (Å²) in [4.78, 5) is 8.16. The molecule has 0 fully saturated rings. The topological polar surface area (TPSA) is 63.9 Å². The van der Waals surface area contributed by atoms with Gasteiger partial charge in [0.05, 0.1) is 18.1 Å². The predicted molar refractivity (Wildman–Crippen MR) is 90.2 cm³/mol. The van der Waals surface area contributed by atoms with Crippen molar-refractivity contribution >= 4 is 11.0 Å². The summed E-state index contributed by atoms with van der Waals surface area (Å²) in [7, 11) is 1.66. The van der Waals surface area contributed by atoms with Crippen LogP contribution >= 0.6 is 0 Å². The van der Waals surface area contributed by atoms with E-state index >= 15 is 0 Å². The van der Waals surface area contributed by atoms with Crippen LogP contribution < -0.4 is 10.5 Å². The van der Waals surface area contributed by atoms with Crippen LogP contribution in [0.4, 0.5) is 0 Å². The summed E-state index contributed by atoms with van der Waals surface area (Å²) < 4.78 is 5.20. The first-order chi connectivity index (χ1) is 10.5. The minimum Gasteiger partial charge on any atom is -0.497 e. The van der Waals surface area contributed by atoms with E-state index in [1.165, 1.54) is 5.56 Å². The van der Waals surface area contributed by atoms with Gasteiger partial charge in [0, 0.05) is 17.5 Å². The standard InChI is InChI=1S/C18H21N3O/c1-18(2,11-19)14-5-4-6-15-16(14)21-17(20-15)12-7-9-13(22-3)10-8-12/h4-10H,11,19H2,1-3H3,(H,20,21). The van der Waals surface area contributed by atoms with Crippen molar-refractivity contribution in [3.63, 3.8) is 0 Å². The van der Waals surface area contributed by atoms with E-state index in [0.717, 1.165) is 28.2 Å². The van der Waals surface area contributed by atoms with Gasteiger partial charge >= 0.3 is 0 Å². The number of nitrogens with zero attached hydrogens (tertiary/aromatic N) is 1. The molecule has 4 nitrogen and oxygen atoms in total. The number of methoxy groups -OCH3 is 1. The maximum absolute atomic E-state index is 5.93. The summed E-state index contributed by atoms with van der Waals surface area (Å²) in [6.07, 6.45) is 0. The zero-order valence-electron chi connectivity index (χ0n) is 13.2. The molecule has 0 aliphatic carbocycles. The van der Waals surface area contributed by atoms with Crippen molar-refractivity contribution in [3.8, 4) is 17.1 Å². The molecule has 4 heteroatoms. The van der Waals surface area contributed by atoms with Crippen molar-refractivity contribution in [2.75, 3.05) is 13.7 Å². The summed E-state index contributed by atoms with van der Waals surface area (Å²) in [6, 6.07) is 14.1. The third-order valence-electron chi connectivity index (χ3n) is 4.12. The van der Waals surface area contributed by atoms with Gasteiger partial charge in [-0.05, 0) is 35.9 Å². The quantitative estimate of drug-likeness (QED) is 0.774. The van der Waals surface area contributed by atoms with Crippen molar-refractivity contribution in [1.82, 2.24) is 9.97 Å². The molecule has 3 aromatic rings. The highest BCUT2D eigenvalue weighted by molar-refractivity contribution is 5.83. The molecular formula is C18H21N3O. The zero-order chi connectivity index (χ0) is 15.7. The van der Waals surface area contributed by atoms with E-state index in [1.807, 2.05) is 36.4 Å². The molecule has 114 valence electrons. The van der Waals surface area contributed by atoms with Crippen molar-refractivity contribution in [2.24, 2.45) is 5.73 Å². The molecule has 0 spiro atoms. The van der Waals surface area contributed by atoms with Gasteiger partial charge < -0.3 is 15.5 Å². The first-order valence-corrected chi connectivity index (χ1v) is 7.39. The van der Waals surface area contributed by atoms with Crippen LogP contribution in [-0.4, -0.2) is 23.6 Å². The highest BCUT2D eigenvalue weighted by Gasteiger charge is 2.22. The van der Waals surface area contributed by atoms with Gasteiger partial charge in [0.25, 0.3) is 0 Å². The van der Waals surface area contributed by atoms with E-state index in [-0.39, 0.29) is 5.41 Å². The second-order valence-corrected chi connectivity index (χ2v) is 6.10. The van der Waals surface area contributed by atoms with E-state index in [2.05, 4.69) is 24.9 Å². The SMILES string of the molecule is COc1ccc(-c2nc3cccc(C(C)(C)CN)c3[nH]2)cc1. The molecule has 1 heterocycles. The highest BCUT2D eigenvalue weighted by Crippen LogP contribution is 2.30. The van der Waals surface area contributed by atoms with Gasteiger partial charge in [-0.15, -0.1) is 0 Å². The first-order valence-electron chi connectivity index (χ1n) is 7.39. The monoisotopic (exact) mass is 295 g/mol. The molecule has 0 unspecified atom stereocenters. The van der Waals surface area contributed by atoms with Gasteiger partial charge in [-0.2, -0.15) is 0 Å². The Balaban J connectivity index is 2.11. The second-order valence-electron chi connectivity index (χ2n) is 6.10. The molecule has 3 rings (SSSR count). The number of benzene rings is 2. The molecule has 0 aliphatic rings. The lowest BCUT2D eigenvalue weighted by Crippen LogP contribution is -2.28. The van der Waals surface area contributed by atoms with E-state index in [9.17, 15) is 0 Å². The number of aromatic amines is 1. The lowest BCUT2D eigenvalue weighted by Gasteiger charge is -2.23. The number of ether oxygens (including phenoxy) is 1. The van der Waals surface area contributed by atoms with Crippen LogP contribution in [0.15, 0.2) is 42.5 Å². The summed E-state index contributed by atoms with van der Waals surface area (Å²) in [5.74, 6) is 1.70. The number of nitrogens with one attached hydrogen (secondary N) is 1. The van der Waals surface area contributed by atoms with Crippen LogP contribution in [0.3, 0.4) is 0 Å². The number of aromatic nitrogens is 2. The largest absolute Gasteiger partial charge is 0.497 e. The molecular weight excluding hydrogens is 274 g/mol. The van der Waals surface area contributed by atoms with Gasteiger partial charge in [-0.3, -0.25) is 0 Å². The molecule has 0 bridgehead atoms. The third-order valence-corrected chi connectivity index (χ3v) is 4.12. The number of H-pyrrole nitrogens is 1. The number of rotatable bonds is 4. The Hall–Kier alpha value is -2.33. The van der Waals surface area contributed by atoms with E-state index in [4.69, 9.17) is 15.5 Å². The Morgan fingerprint density at radius 1 is 1.14 bits per heavy atom. The Labute approximate surface area is 130 Å². The summed E-state index contributed by atoms with van der Waals surface area (Å²) in [6.45, 7) is 4.88. The van der Waals surface area contributed by atoms with E-state index < -0.39 is 0 Å². The van der Waals surface area contributed by atoms with Crippen LogP contribution in [0, 0.1) is 0 Å². The normalized spacial score (nSPS) is 11.8. The Morgan fingerprint density at radius 3 is 2.50 bits per heavy atom. The van der Waals surface area contributed by atoms with Crippen LogP contribution in [0.1, 0.15) is 19.4 Å². The maximum Gasteiger partial charge on any atom is 0.138 e. The van der Waals surface area contributed by atoms with Gasteiger partial charge in [0.1, 0.15) is 11.6 Å². The lowest BCUT2D eigenvalue weighted by molar-refractivity contribution is 0.415. The fraction of sp³-hybridized carbons (Fsp3) is 0.278. The zero-order valence-corrected chi connectivity index (χ0v) is 13.2. The molecule has 22 heavy (non-hydrogen) atoms. The number of hydrogen-bond donors (Lipinski definition) is 2. The average molecular weight is 295 g/mol. The van der Waals surface area contributed by atoms with Crippen molar-refractivity contribution in [1.29, 1.82) is 0 Å². The van der Waals surface area contributed by atoms with E-state index in [1.54, 1.807) is 7.11 Å². The number of para-hydroxylation sites is 1. The van der Waals surface area contributed by atoms with Crippen LogP contribution in [0.25, 0.3) is 22.4 Å². The number of imidazole rings is 1. The molecule has 0 saturated carbocycles. The minimum absolute atomic E-state index is 0.0940. The van der Waals surface area contributed by atoms with Crippen LogP contribution in [0.2, 0.25) is 0 Å². The predicted octanol–water partition coefficient (Wildman–Crippen LogP) is 3.47. The summed E-state index contributed by atoms with van der Waals surface area (Å²) >= 11 is 0. The highest BCUT2D eigenvalue weighted by atomic mass is 16.5. The second kappa shape index (κ2) is 5.46. The smallest absolute Gasteiger partial charge is 0.138 e. The van der Waals surface area contributed by atoms with Gasteiger partial charge in [-0.1, -0.05) is 26.0 Å². The molecule has 2 aromatic carbocycles. The number of fused-ring (bicyclic) bond motifs is 1. The molecule has 1 aromatic heterocycles. The number of nitrogens with two attached hydrogens (primary N) is 1. The fourth-order valence-electron chi connectivity index (χ4n) is 2.59. The molecule has 0 aliphatic heterocycles. The Kier molecular flexibility index (Phi) is 3.62. The Morgan fingerprint density at radius 2 is 1.86 bits per heavy atom. The third kappa shape index (κ3) is 2.46. The van der Waals surface area contributed by atoms with Crippen molar-refractivity contribution in [2.45, 2.75) is 19.3 Å². The summed E-state index contributed by atoms with van der Waals surface area (Å²) in [5, 5.41) is 0. The van der Waals surface area contributed by atoms with Crippen molar-refractivity contribution in [3.05, 3.63) is 48.0 Å². The van der Waals surface area contributed by atoms with Gasteiger partial charge in [-0.25, -0.2) is 4.98 Å². The molecule has 0 atom stereocenters. The minimum atomic E-state index is -0.0940. The van der Waals surface area contributed by atoms with Crippen LogP contribution in [0.5, 0.6) is 5.75 Å². The fourth-order valence-corrected chi connectivity index (χ4v) is 2.59. The average Bonchev–Trinajstić information content (AvgIpc) is 2.98. The number of hydrogen-bond acceptors (Lipinski definition) is 3. The van der Waals surface area contributed by atoms with Crippen molar-refractivity contribution < 1.29 is 4.74 Å². The summed E-state index contributed by atoms with van der Waals surface area (Å²) in [5.41, 5.74) is 10.1. The lowest BCUT2D eigenvalue weighted by atomic mass is 9.84. The maximum atomic E-state index is 5.93. The van der Waals surface area contributed by atoms with Crippen LogP contribution in [-0.2, 0) is 5.41 Å². The molecule has 3 N–H and O–H groups in total. The van der Waals surface area contributed by atoms with Gasteiger partial charge in [0.2, 0.25) is 0 Å². The first kappa shape index (κ1) is 14.6. The molecule has 0 saturated heterocycles. The molecule has 0 amide bonds. The van der Waals surface area contributed by atoms with E-state index in [0.29, 0.717) is 6.54 Å². The van der Waals surface area contributed by atoms with Gasteiger partial charge in [0.15, 0.2) is 0 Å². The Bertz CT molecular complexity index is 788.